The predicted octanol–water partition coefficient (Wildman–Crippen LogP) is 4.34. The van der Waals surface area contributed by atoms with Crippen LogP contribution in [0.3, 0.4) is 0 Å². The van der Waals surface area contributed by atoms with Crippen LogP contribution in [-0.2, 0) is 0 Å². The van der Waals surface area contributed by atoms with Crippen LogP contribution in [0, 0.1) is 21.4 Å². The van der Waals surface area contributed by atoms with Crippen molar-refractivity contribution in [2.24, 2.45) is 0 Å². The third kappa shape index (κ3) is 3.63. The maximum Gasteiger partial charge on any atom is 0.312 e. The summed E-state index contributed by atoms with van der Waals surface area (Å²) in [5.41, 5.74) is 0.794. The van der Waals surface area contributed by atoms with Crippen molar-refractivity contribution in [3.8, 4) is 17.6 Å². The number of ether oxygens (including phenoxy) is 1. The molecule has 3 heterocycles. The number of rotatable bonds is 5. The molecule has 0 spiro atoms. The summed E-state index contributed by atoms with van der Waals surface area (Å²) in [7, 11) is 0. The Labute approximate surface area is 164 Å². The molecule has 0 amide bonds. The van der Waals surface area contributed by atoms with Crippen molar-refractivity contribution in [1.29, 1.82) is 5.26 Å². The molecule has 0 radical (unpaired) electrons. The van der Waals surface area contributed by atoms with Gasteiger partial charge in [0.25, 0.3) is 0 Å². The summed E-state index contributed by atoms with van der Waals surface area (Å²) in [5.74, 6) is 0.939. The number of hydrogen-bond acceptors (Lipinski definition) is 8. The lowest BCUT2D eigenvalue weighted by molar-refractivity contribution is -0.385. The van der Waals surface area contributed by atoms with Gasteiger partial charge in [0, 0.05) is 42.3 Å². The number of nitro groups is 1. The van der Waals surface area contributed by atoms with E-state index in [1.165, 1.54) is 30.7 Å². The van der Waals surface area contributed by atoms with Crippen LogP contribution < -0.4 is 10.1 Å². The molecule has 0 bridgehead atoms. The van der Waals surface area contributed by atoms with Crippen LogP contribution in [-0.4, -0.2) is 19.9 Å². The van der Waals surface area contributed by atoms with E-state index in [1.54, 1.807) is 36.5 Å². The van der Waals surface area contributed by atoms with E-state index >= 15 is 0 Å². The van der Waals surface area contributed by atoms with Crippen LogP contribution in [0.1, 0.15) is 5.56 Å². The molecule has 4 rings (SSSR count). The van der Waals surface area contributed by atoms with Gasteiger partial charge in [-0.2, -0.15) is 5.26 Å². The second-order valence-corrected chi connectivity index (χ2v) is 5.88. The summed E-state index contributed by atoms with van der Waals surface area (Å²) in [4.78, 5) is 23.5. The zero-order chi connectivity index (χ0) is 20.2. The fraction of sp³-hybridized carbons (Fsp3) is 0. The number of aromatic nitrogens is 3. The second-order valence-electron chi connectivity index (χ2n) is 5.88. The van der Waals surface area contributed by atoms with Gasteiger partial charge in [0.2, 0.25) is 5.75 Å². The first-order valence-corrected chi connectivity index (χ1v) is 8.43. The summed E-state index contributed by atoms with van der Waals surface area (Å²) in [6.07, 6.45) is 6.04. The minimum Gasteiger partial charge on any atom is -0.450 e. The van der Waals surface area contributed by atoms with E-state index in [2.05, 4.69) is 26.3 Å². The summed E-state index contributed by atoms with van der Waals surface area (Å²) in [6.45, 7) is 0. The number of nitro benzene ring substituents is 1. The van der Waals surface area contributed by atoms with Gasteiger partial charge in [-0.25, -0.2) is 4.98 Å². The Morgan fingerprint density at radius 3 is 2.62 bits per heavy atom. The fourth-order valence-electron chi connectivity index (χ4n) is 2.75. The molecule has 29 heavy (non-hydrogen) atoms. The zero-order valence-corrected chi connectivity index (χ0v) is 14.8. The first kappa shape index (κ1) is 17.8. The van der Waals surface area contributed by atoms with Crippen LogP contribution in [0.4, 0.5) is 17.2 Å². The standard InChI is InChI=1S/C20H12N6O3/c21-11-13-12-24-16-10-18(29-14-4-7-22-8-5-14)17(26(27)28)9-15(16)20(13)25-19-3-1-2-6-23-19/h1-10,12H,(H,23,24,25). The monoisotopic (exact) mass is 384 g/mol. The Bertz CT molecular complexity index is 1240. The molecule has 0 saturated carbocycles. The molecule has 0 saturated heterocycles. The maximum absolute atomic E-state index is 11.7. The molecular weight excluding hydrogens is 372 g/mol. The van der Waals surface area contributed by atoms with Crippen molar-refractivity contribution >= 4 is 28.1 Å². The Morgan fingerprint density at radius 2 is 1.93 bits per heavy atom. The van der Waals surface area contributed by atoms with Crippen LogP contribution in [0.15, 0.2) is 67.3 Å². The molecule has 3 aromatic heterocycles. The van der Waals surface area contributed by atoms with E-state index < -0.39 is 4.92 Å². The largest absolute Gasteiger partial charge is 0.450 e. The van der Waals surface area contributed by atoms with Gasteiger partial charge in [-0.05, 0) is 24.3 Å². The highest BCUT2D eigenvalue weighted by Gasteiger charge is 2.21. The predicted molar refractivity (Wildman–Crippen MR) is 105 cm³/mol. The molecular formula is C20H12N6O3. The number of nitrogens with one attached hydrogen (secondary N) is 1. The van der Waals surface area contributed by atoms with Crippen molar-refractivity contribution < 1.29 is 9.66 Å². The van der Waals surface area contributed by atoms with E-state index in [0.717, 1.165) is 0 Å². The van der Waals surface area contributed by atoms with Gasteiger partial charge in [0.15, 0.2) is 0 Å². The lowest BCUT2D eigenvalue weighted by atomic mass is 10.1. The molecule has 0 unspecified atom stereocenters. The van der Waals surface area contributed by atoms with E-state index in [9.17, 15) is 15.4 Å². The number of pyridine rings is 3. The van der Waals surface area contributed by atoms with Gasteiger partial charge in [-0.3, -0.25) is 20.1 Å². The minimum absolute atomic E-state index is 0.0368. The molecule has 9 heteroatoms. The average Bonchev–Trinajstić information content (AvgIpc) is 2.75. The Morgan fingerprint density at radius 1 is 1.10 bits per heavy atom. The van der Waals surface area contributed by atoms with E-state index in [-0.39, 0.29) is 17.0 Å². The molecule has 4 aromatic rings. The molecule has 0 aliphatic heterocycles. The minimum atomic E-state index is -0.542. The van der Waals surface area contributed by atoms with Crippen LogP contribution >= 0.6 is 0 Å². The van der Waals surface area contributed by atoms with Crippen molar-refractivity contribution in [2.45, 2.75) is 0 Å². The number of fused-ring (bicyclic) bond motifs is 1. The third-order valence-corrected chi connectivity index (χ3v) is 4.06. The molecule has 140 valence electrons. The Hall–Kier alpha value is -4.58. The van der Waals surface area contributed by atoms with Gasteiger partial charge >= 0.3 is 5.69 Å². The van der Waals surface area contributed by atoms with Gasteiger partial charge in [0.1, 0.15) is 17.6 Å². The quantitative estimate of drug-likeness (QED) is 0.397. The van der Waals surface area contributed by atoms with E-state index in [0.29, 0.717) is 28.2 Å². The highest BCUT2D eigenvalue weighted by molar-refractivity contribution is 5.98. The van der Waals surface area contributed by atoms with Gasteiger partial charge in [-0.1, -0.05) is 6.07 Å². The van der Waals surface area contributed by atoms with Crippen molar-refractivity contribution in [3.05, 3.63) is 82.9 Å². The van der Waals surface area contributed by atoms with Crippen molar-refractivity contribution in [3.63, 3.8) is 0 Å². The van der Waals surface area contributed by atoms with Gasteiger partial charge in [-0.15, -0.1) is 0 Å². The van der Waals surface area contributed by atoms with Crippen LogP contribution in [0.2, 0.25) is 0 Å². The summed E-state index contributed by atoms with van der Waals surface area (Å²) in [5, 5.41) is 24.6. The first-order valence-electron chi connectivity index (χ1n) is 8.43. The lowest BCUT2D eigenvalue weighted by Crippen LogP contribution is -2.00. The summed E-state index contributed by atoms with van der Waals surface area (Å²) < 4.78 is 5.67. The number of hydrogen-bond donors (Lipinski definition) is 1. The van der Waals surface area contributed by atoms with Gasteiger partial charge in [0.05, 0.1) is 21.7 Å². The number of benzene rings is 1. The maximum atomic E-state index is 11.7. The molecule has 0 aliphatic carbocycles. The molecule has 9 nitrogen and oxygen atoms in total. The zero-order valence-electron chi connectivity index (χ0n) is 14.8. The highest BCUT2D eigenvalue weighted by atomic mass is 16.6. The second kappa shape index (κ2) is 7.58. The summed E-state index contributed by atoms with van der Waals surface area (Å²) >= 11 is 0. The Kier molecular flexibility index (Phi) is 4.65. The van der Waals surface area contributed by atoms with Crippen LogP contribution in [0.25, 0.3) is 10.9 Å². The van der Waals surface area contributed by atoms with Crippen LogP contribution in [0.5, 0.6) is 11.5 Å². The molecule has 1 aromatic carbocycles. The molecule has 0 aliphatic rings. The average molecular weight is 384 g/mol. The number of nitrogens with zero attached hydrogens (tertiary/aromatic N) is 5. The lowest BCUT2D eigenvalue weighted by Gasteiger charge is -2.12. The van der Waals surface area contributed by atoms with Crippen molar-refractivity contribution in [1.82, 2.24) is 15.0 Å². The number of nitriles is 1. The molecule has 0 atom stereocenters. The third-order valence-electron chi connectivity index (χ3n) is 4.06. The molecule has 0 fully saturated rings. The van der Waals surface area contributed by atoms with E-state index in [4.69, 9.17) is 4.74 Å². The fourth-order valence-corrected chi connectivity index (χ4v) is 2.75. The summed E-state index contributed by atoms with van der Waals surface area (Å²) in [6, 6.07) is 13.3. The normalized spacial score (nSPS) is 10.3. The topological polar surface area (TPSA) is 127 Å². The van der Waals surface area contributed by atoms with E-state index in [1.807, 2.05) is 0 Å². The first-order chi connectivity index (χ1) is 14.2. The molecule has 1 N–H and O–H groups in total. The Balaban J connectivity index is 1.88. The highest BCUT2D eigenvalue weighted by Crippen LogP contribution is 2.38. The van der Waals surface area contributed by atoms with Gasteiger partial charge < -0.3 is 10.1 Å². The SMILES string of the molecule is N#Cc1cnc2cc(Oc3ccncc3)c([N+](=O)[O-])cc2c1Nc1ccccn1. The smallest absolute Gasteiger partial charge is 0.312 e. The van der Waals surface area contributed by atoms with Crippen molar-refractivity contribution in [2.75, 3.05) is 5.32 Å². The number of anilines is 2.